The molecule has 0 aliphatic carbocycles. The van der Waals surface area contributed by atoms with E-state index in [4.69, 9.17) is 0 Å². The zero-order valence-electron chi connectivity index (χ0n) is 10.2. The minimum atomic E-state index is 0.718. The van der Waals surface area contributed by atoms with Gasteiger partial charge in [-0.25, -0.2) is 4.98 Å². The molecule has 0 saturated heterocycles. The van der Waals surface area contributed by atoms with Crippen LogP contribution in [0.3, 0.4) is 0 Å². The average molecular weight is 231 g/mol. The normalized spacial score (nSPS) is 10.5. The third-order valence-corrected chi connectivity index (χ3v) is 2.59. The Morgan fingerprint density at radius 1 is 1.53 bits per heavy atom. The molecular weight excluding hydrogens is 214 g/mol. The third-order valence-electron chi connectivity index (χ3n) is 2.59. The minimum Gasteiger partial charge on any atom is -0.351 e. The molecule has 0 saturated carbocycles. The number of aromatic nitrogens is 4. The first-order chi connectivity index (χ1) is 8.20. The van der Waals surface area contributed by atoms with Crippen LogP contribution in [0, 0.1) is 13.8 Å². The summed E-state index contributed by atoms with van der Waals surface area (Å²) in [6, 6.07) is 0. The van der Waals surface area contributed by atoms with Crippen molar-refractivity contribution in [3.8, 4) is 0 Å². The van der Waals surface area contributed by atoms with E-state index in [1.54, 1.807) is 0 Å². The Hall–Kier alpha value is -2.04. The fourth-order valence-corrected chi connectivity index (χ4v) is 1.69. The number of allylic oxidation sites excluding steroid dienone is 1. The molecule has 0 spiro atoms. The van der Waals surface area contributed by atoms with Crippen molar-refractivity contribution in [1.82, 2.24) is 19.7 Å². The van der Waals surface area contributed by atoms with E-state index in [9.17, 15) is 0 Å². The number of imidazole rings is 1. The summed E-state index contributed by atoms with van der Waals surface area (Å²) < 4.78 is 2.04. The van der Waals surface area contributed by atoms with Crippen molar-refractivity contribution in [2.45, 2.75) is 26.9 Å². The third kappa shape index (κ3) is 2.55. The van der Waals surface area contributed by atoms with Gasteiger partial charge in [-0.1, -0.05) is 6.08 Å². The molecule has 0 aromatic carbocycles. The van der Waals surface area contributed by atoms with Crippen LogP contribution in [0.25, 0.3) is 0 Å². The van der Waals surface area contributed by atoms with E-state index < -0.39 is 0 Å². The smallest absolute Gasteiger partial charge is 0.203 e. The van der Waals surface area contributed by atoms with Gasteiger partial charge in [0.25, 0.3) is 0 Å². The average Bonchev–Trinajstić information content (AvgIpc) is 2.83. The van der Waals surface area contributed by atoms with Gasteiger partial charge in [-0.3, -0.25) is 5.10 Å². The molecular formula is C12H17N5. The maximum Gasteiger partial charge on any atom is 0.203 e. The van der Waals surface area contributed by atoms with Crippen molar-refractivity contribution < 1.29 is 0 Å². The highest BCUT2D eigenvalue weighted by atomic mass is 15.2. The molecule has 90 valence electrons. The van der Waals surface area contributed by atoms with Gasteiger partial charge in [0.2, 0.25) is 5.95 Å². The molecule has 0 aliphatic rings. The summed E-state index contributed by atoms with van der Waals surface area (Å²) in [5.41, 5.74) is 3.23. The fourth-order valence-electron chi connectivity index (χ4n) is 1.69. The molecule has 0 aliphatic heterocycles. The molecule has 0 radical (unpaired) electrons. The van der Waals surface area contributed by atoms with Crippen molar-refractivity contribution in [2.75, 3.05) is 5.32 Å². The number of hydrogen-bond donors (Lipinski definition) is 2. The second kappa shape index (κ2) is 4.86. The standard InChI is InChI=1S/C12H17N5/c1-4-5-17-8-9(2)15-12(17)13-6-11-7-14-16-10(11)3/h4,7-8H,1,5-6H2,2-3H3,(H,13,15)(H,14,16). The van der Waals surface area contributed by atoms with Gasteiger partial charge in [-0.15, -0.1) is 6.58 Å². The van der Waals surface area contributed by atoms with Crippen LogP contribution in [0.15, 0.2) is 25.0 Å². The molecule has 0 fully saturated rings. The first kappa shape index (κ1) is 11.4. The van der Waals surface area contributed by atoms with E-state index in [-0.39, 0.29) is 0 Å². The second-order valence-corrected chi connectivity index (χ2v) is 4.02. The Labute approximate surface area is 101 Å². The topological polar surface area (TPSA) is 58.5 Å². The second-order valence-electron chi connectivity index (χ2n) is 4.02. The van der Waals surface area contributed by atoms with E-state index in [1.807, 2.05) is 36.9 Å². The van der Waals surface area contributed by atoms with Gasteiger partial charge in [0.1, 0.15) is 0 Å². The molecule has 2 aromatic rings. The van der Waals surface area contributed by atoms with Gasteiger partial charge >= 0.3 is 0 Å². The molecule has 0 bridgehead atoms. The first-order valence-electron chi connectivity index (χ1n) is 5.58. The molecule has 2 aromatic heterocycles. The molecule has 2 N–H and O–H groups in total. The Morgan fingerprint density at radius 2 is 2.35 bits per heavy atom. The molecule has 0 atom stereocenters. The SMILES string of the molecule is C=CCn1cc(C)nc1NCc1cn[nH]c1C. The number of nitrogens with one attached hydrogen (secondary N) is 2. The van der Waals surface area contributed by atoms with Crippen LogP contribution in [0.4, 0.5) is 5.95 Å². The van der Waals surface area contributed by atoms with Gasteiger partial charge in [-0.05, 0) is 13.8 Å². The van der Waals surface area contributed by atoms with E-state index in [1.165, 1.54) is 0 Å². The van der Waals surface area contributed by atoms with Gasteiger partial charge < -0.3 is 9.88 Å². The number of aryl methyl sites for hydroxylation is 2. The lowest BCUT2D eigenvalue weighted by molar-refractivity contribution is 0.819. The molecule has 2 rings (SSSR count). The van der Waals surface area contributed by atoms with Crippen molar-refractivity contribution >= 4 is 5.95 Å². The largest absolute Gasteiger partial charge is 0.351 e. The summed E-state index contributed by atoms with van der Waals surface area (Å²) in [7, 11) is 0. The molecule has 5 heteroatoms. The number of rotatable bonds is 5. The highest BCUT2D eigenvalue weighted by molar-refractivity contribution is 5.31. The molecule has 17 heavy (non-hydrogen) atoms. The molecule has 0 unspecified atom stereocenters. The quantitative estimate of drug-likeness (QED) is 0.774. The Balaban J connectivity index is 2.08. The van der Waals surface area contributed by atoms with Crippen molar-refractivity contribution in [2.24, 2.45) is 0 Å². The zero-order valence-corrected chi connectivity index (χ0v) is 10.2. The fraction of sp³-hybridized carbons (Fsp3) is 0.333. The summed E-state index contributed by atoms with van der Waals surface area (Å²) in [5, 5.41) is 10.2. The Bertz CT molecular complexity index is 509. The van der Waals surface area contributed by atoms with E-state index >= 15 is 0 Å². The number of nitrogens with zero attached hydrogens (tertiary/aromatic N) is 3. The lowest BCUT2D eigenvalue weighted by atomic mass is 10.3. The lowest BCUT2D eigenvalue weighted by Gasteiger charge is -2.07. The van der Waals surface area contributed by atoms with E-state index in [0.29, 0.717) is 0 Å². The maximum atomic E-state index is 4.43. The van der Waals surface area contributed by atoms with Gasteiger partial charge in [0, 0.05) is 30.5 Å². The van der Waals surface area contributed by atoms with E-state index in [0.717, 1.165) is 36.0 Å². The summed E-state index contributed by atoms with van der Waals surface area (Å²) in [6.07, 6.45) is 5.69. The molecule has 0 amide bonds. The Morgan fingerprint density at radius 3 is 3.00 bits per heavy atom. The van der Waals surface area contributed by atoms with Crippen LogP contribution in [0.5, 0.6) is 0 Å². The minimum absolute atomic E-state index is 0.718. The predicted octanol–water partition coefficient (Wildman–Crippen LogP) is 2.02. The van der Waals surface area contributed by atoms with Crippen LogP contribution in [0.2, 0.25) is 0 Å². The zero-order chi connectivity index (χ0) is 12.3. The predicted molar refractivity (Wildman–Crippen MR) is 67.8 cm³/mol. The molecule has 2 heterocycles. The molecule has 5 nitrogen and oxygen atoms in total. The van der Waals surface area contributed by atoms with Crippen molar-refractivity contribution in [3.63, 3.8) is 0 Å². The van der Waals surface area contributed by atoms with Gasteiger partial charge in [0.05, 0.1) is 11.9 Å². The number of aromatic amines is 1. The summed E-state index contributed by atoms with van der Waals surface area (Å²) in [5.74, 6) is 0.864. The van der Waals surface area contributed by atoms with Crippen molar-refractivity contribution in [1.29, 1.82) is 0 Å². The van der Waals surface area contributed by atoms with Crippen molar-refractivity contribution in [3.05, 3.63) is 42.0 Å². The highest BCUT2D eigenvalue weighted by Crippen LogP contribution is 2.11. The van der Waals surface area contributed by atoms with Gasteiger partial charge in [0.15, 0.2) is 0 Å². The van der Waals surface area contributed by atoms with Crippen LogP contribution < -0.4 is 5.32 Å². The van der Waals surface area contributed by atoms with Crippen LogP contribution >= 0.6 is 0 Å². The first-order valence-corrected chi connectivity index (χ1v) is 5.58. The number of H-pyrrole nitrogens is 1. The summed E-state index contributed by atoms with van der Waals surface area (Å²) in [6.45, 7) is 9.20. The van der Waals surface area contributed by atoms with Crippen LogP contribution in [-0.4, -0.2) is 19.7 Å². The maximum absolute atomic E-state index is 4.43. The van der Waals surface area contributed by atoms with E-state index in [2.05, 4.69) is 27.1 Å². The Kier molecular flexibility index (Phi) is 3.27. The lowest BCUT2D eigenvalue weighted by Crippen LogP contribution is -2.06. The van der Waals surface area contributed by atoms with Gasteiger partial charge in [-0.2, -0.15) is 5.10 Å². The highest BCUT2D eigenvalue weighted by Gasteiger charge is 2.05. The van der Waals surface area contributed by atoms with Crippen LogP contribution in [-0.2, 0) is 13.1 Å². The number of anilines is 1. The summed E-state index contributed by atoms with van der Waals surface area (Å²) in [4.78, 5) is 4.43. The summed E-state index contributed by atoms with van der Waals surface area (Å²) >= 11 is 0. The van der Waals surface area contributed by atoms with Crippen LogP contribution in [0.1, 0.15) is 17.0 Å². The number of hydrogen-bond acceptors (Lipinski definition) is 3. The monoisotopic (exact) mass is 231 g/mol.